The van der Waals surface area contributed by atoms with Gasteiger partial charge in [0.2, 0.25) is 5.91 Å². The minimum Gasteiger partial charge on any atom is -0.383 e. The van der Waals surface area contributed by atoms with Gasteiger partial charge in [0.25, 0.3) is 5.91 Å². The van der Waals surface area contributed by atoms with Crippen LogP contribution in [0.4, 0.5) is 0 Å². The van der Waals surface area contributed by atoms with Gasteiger partial charge in [-0.2, -0.15) is 0 Å². The van der Waals surface area contributed by atoms with Gasteiger partial charge in [0, 0.05) is 46.4 Å². The Balaban J connectivity index is 1.57. The van der Waals surface area contributed by atoms with Crippen LogP contribution >= 0.6 is 22.9 Å². The van der Waals surface area contributed by atoms with Gasteiger partial charge in [0.05, 0.1) is 21.9 Å². The topological polar surface area (TPSA) is 53.1 Å². The van der Waals surface area contributed by atoms with E-state index in [1.54, 1.807) is 19.2 Å². The van der Waals surface area contributed by atoms with Gasteiger partial charge in [-0.05, 0) is 25.0 Å². The minimum atomic E-state index is -0.0527. The normalized spacial score (nSPS) is 22.5. The fourth-order valence-electron chi connectivity index (χ4n) is 3.52. The zero-order valence-corrected chi connectivity index (χ0v) is 16.0. The number of halogens is 1. The summed E-state index contributed by atoms with van der Waals surface area (Å²) in [5.41, 5.74) is 0. The molecular formula is C17H24ClN3O3S. The third-order valence-electron chi connectivity index (χ3n) is 4.88. The van der Waals surface area contributed by atoms with Crippen LogP contribution in [0.2, 0.25) is 4.34 Å². The number of ether oxygens (including phenoxy) is 1. The molecule has 0 unspecified atom stereocenters. The largest absolute Gasteiger partial charge is 0.383 e. The summed E-state index contributed by atoms with van der Waals surface area (Å²) in [4.78, 5) is 31.9. The molecule has 0 aliphatic carbocycles. The summed E-state index contributed by atoms with van der Waals surface area (Å²) >= 11 is 7.26. The minimum absolute atomic E-state index is 0.0400. The fraction of sp³-hybridized carbons (Fsp3) is 0.647. The molecule has 0 aromatic carbocycles. The van der Waals surface area contributed by atoms with Gasteiger partial charge < -0.3 is 14.5 Å². The summed E-state index contributed by atoms with van der Waals surface area (Å²) < 4.78 is 5.71. The number of methoxy groups -OCH3 is 1. The molecule has 3 rings (SSSR count). The smallest absolute Gasteiger partial charge is 0.264 e. The predicted octanol–water partition coefficient (Wildman–Crippen LogP) is 1.80. The Hall–Kier alpha value is -1.15. The number of likely N-dealkylation sites (tertiary alicyclic amines) is 1. The molecule has 0 spiro atoms. The van der Waals surface area contributed by atoms with E-state index in [0.717, 1.165) is 39.0 Å². The maximum absolute atomic E-state index is 12.6. The van der Waals surface area contributed by atoms with Crippen molar-refractivity contribution in [2.45, 2.75) is 18.9 Å². The van der Waals surface area contributed by atoms with Crippen molar-refractivity contribution in [3.05, 3.63) is 21.3 Å². The second-order valence-corrected chi connectivity index (χ2v) is 8.12. The van der Waals surface area contributed by atoms with Gasteiger partial charge >= 0.3 is 0 Å². The van der Waals surface area contributed by atoms with Crippen molar-refractivity contribution in [1.29, 1.82) is 0 Å². The standard InChI is InChI=1S/C17H24ClN3O3S/c1-24-12-11-21-8-5-13(16(21)22)19-6-2-7-20(10-9-19)17(23)14-3-4-15(18)25-14/h3-4,13H,2,5-12H2,1H3/t13-/m1/s1. The Kier molecular flexibility index (Phi) is 6.33. The molecule has 1 atom stereocenters. The van der Waals surface area contributed by atoms with E-state index in [-0.39, 0.29) is 17.9 Å². The maximum Gasteiger partial charge on any atom is 0.264 e. The number of amides is 2. The molecule has 0 saturated carbocycles. The van der Waals surface area contributed by atoms with E-state index < -0.39 is 0 Å². The van der Waals surface area contributed by atoms with Crippen LogP contribution in [0.25, 0.3) is 0 Å². The Morgan fingerprint density at radius 2 is 2.12 bits per heavy atom. The van der Waals surface area contributed by atoms with Gasteiger partial charge in [0.15, 0.2) is 0 Å². The lowest BCUT2D eigenvalue weighted by molar-refractivity contribution is -0.132. The number of thiophene rings is 1. The lowest BCUT2D eigenvalue weighted by Gasteiger charge is -2.26. The molecule has 2 fully saturated rings. The Morgan fingerprint density at radius 3 is 2.84 bits per heavy atom. The van der Waals surface area contributed by atoms with Gasteiger partial charge in [-0.1, -0.05) is 11.6 Å². The highest BCUT2D eigenvalue weighted by Crippen LogP contribution is 2.24. The number of carbonyl (C=O) groups excluding carboxylic acids is 2. The first-order valence-electron chi connectivity index (χ1n) is 8.66. The van der Waals surface area contributed by atoms with Crippen molar-refractivity contribution in [2.24, 2.45) is 0 Å². The molecule has 2 amide bonds. The van der Waals surface area contributed by atoms with Crippen LogP contribution < -0.4 is 0 Å². The molecule has 6 nitrogen and oxygen atoms in total. The second-order valence-electron chi connectivity index (χ2n) is 6.41. The lowest BCUT2D eigenvalue weighted by atomic mass is 10.2. The van der Waals surface area contributed by atoms with Crippen LogP contribution in [-0.2, 0) is 9.53 Å². The molecule has 138 valence electrons. The van der Waals surface area contributed by atoms with Crippen molar-refractivity contribution < 1.29 is 14.3 Å². The number of rotatable bonds is 5. The number of carbonyl (C=O) groups is 2. The van der Waals surface area contributed by atoms with Crippen LogP contribution in [0.15, 0.2) is 12.1 Å². The Morgan fingerprint density at radius 1 is 1.28 bits per heavy atom. The van der Waals surface area contributed by atoms with E-state index in [2.05, 4.69) is 4.90 Å². The summed E-state index contributed by atoms with van der Waals surface area (Å²) in [6.45, 7) is 4.98. The van der Waals surface area contributed by atoms with E-state index in [1.807, 2.05) is 9.80 Å². The predicted molar refractivity (Wildman–Crippen MR) is 98.3 cm³/mol. The zero-order valence-electron chi connectivity index (χ0n) is 14.4. The molecule has 0 bridgehead atoms. The van der Waals surface area contributed by atoms with E-state index in [0.29, 0.717) is 28.9 Å². The van der Waals surface area contributed by atoms with Crippen LogP contribution in [0, 0.1) is 0 Å². The third-order valence-corrected chi connectivity index (χ3v) is 6.10. The van der Waals surface area contributed by atoms with Crippen LogP contribution in [0.1, 0.15) is 22.5 Å². The van der Waals surface area contributed by atoms with E-state index >= 15 is 0 Å². The molecule has 2 aliphatic heterocycles. The molecule has 0 N–H and O–H groups in total. The van der Waals surface area contributed by atoms with E-state index in [9.17, 15) is 9.59 Å². The molecule has 8 heteroatoms. The molecule has 1 aromatic rings. The average molecular weight is 386 g/mol. The number of hydrogen-bond donors (Lipinski definition) is 0. The van der Waals surface area contributed by atoms with E-state index in [4.69, 9.17) is 16.3 Å². The average Bonchev–Trinajstić information content (AvgIpc) is 3.10. The van der Waals surface area contributed by atoms with Gasteiger partial charge in [0.1, 0.15) is 0 Å². The van der Waals surface area contributed by atoms with Gasteiger partial charge in [-0.3, -0.25) is 14.5 Å². The highest BCUT2D eigenvalue weighted by Gasteiger charge is 2.36. The summed E-state index contributed by atoms with van der Waals surface area (Å²) in [5.74, 6) is 0.236. The summed E-state index contributed by atoms with van der Waals surface area (Å²) in [7, 11) is 1.65. The Labute approximate surface area is 157 Å². The monoisotopic (exact) mass is 385 g/mol. The van der Waals surface area contributed by atoms with E-state index in [1.165, 1.54) is 11.3 Å². The molecule has 2 aliphatic rings. The zero-order chi connectivity index (χ0) is 17.8. The van der Waals surface area contributed by atoms with Crippen molar-refractivity contribution in [3.63, 3.8) is 0 Å². The first kappa shape index (κ1) is 18.6. The first-order valence-corrected chi connectivity index (χ1v) is 9.86. The third kappa shape index (κ3) is 4.34. The van der Waals surface area contributed by atoms with Gasteiger partial charge in [-0.15, -0.1) is 11.3 Å². The summed E-state index contributed by atoms with van der Waals surface area (Å²) in [5, 5.41) is 0. The molecule has 2 saturated heterocycles. The summed E-state index contributed by atoms with van der Waals surface area (Å²) in [6.07, 6.45) is 1.74. The molecule has 1 aromatic heterocycles. The molecular weight excluding hydrogens is 362 g/mol. The highest BCUT2D eigenvalue weighted by molar-refractivity contribution is 7.17. The quantitative estimate of drug-likeness (QED) is 0.775. The van der Waals surface area contributed by atoms with Gasteiger partial charge in [-0.25, -0.2) is 0 Å². The summed E-state index contributed by atoms with van der Waals surface area (Å²) in [6, 6.07) is 3.49. The van der Waals surface area contributed by atoms with Crippen molar-refractivity contribution in [1.82, 2.24) is 14.7 Å². The maximum atomic E-state index is 12.6. The van der Waals surface area contributed by atoms with Crippen LogP contribution in [0.5, 0.6) is 0 Å². The number of nitrogens with zero attached hydrogens (tertiary/aromatic N) is 3. The van der Waals surface area contributed by atoms with Crippen LogP contribution in [0.3, 0.4) is 0 Å². The SMILES string of the molecule is COCCN1CC[C@@H](N2CCCN(C(=O)c3ccc(Cl)s3)CC2)C1=O. The lowest BCUT2D eigenvalue weighted by Crippen LogP contribution is -2.44. The second kappa shape index (κ2) is 8.49. The van der Waals surface area contributed by atoms with Crippen molar-refractivity contribution in [2.75, 3.05) is 53.0 Å². The van der Waals surface area contributed by atoms with Crippen molar-refractivity contribution >= 4 is 34.8 Å². The molecule has 0 radical (unpaired) electrons. The fourth-order valence-corrected chi connectivity index (χ4v) is 4.53. The van der Waals surface area contributed by atoms with Crippen LogP contribution in [-0.4, -0.2) is 85.5 Å². The molecule has 25 heavy (non-hydrogen) atoms. The Bertz CT molecular complexity index is 624. The molecule has 3 heterocycles. The first-order chi connectivity index (χ1) is 12.1. The highest BCUT2D eigenvalue weighted by atomic mass is 35.5. The number of hydrogen-bond acceptors (Lipinski definition) is 5. The van der Waals surface area contributed by atoms with Crippen molar-refractivity contribution in [3.8, 4) is 0 Å².